The fraction of sp³-hybridized carbons (Fsp3) is 0.703. The topological polar surface area (TPSA) is 49.8 Å². The second-order valence-corrected chi connectivity index (χ2v) is 16.3. The molecule has 6 aliphatic rings. The number of aromatic nitrogens is 1. The van der Waals surface area contributed by atoms with E-state index in [1.54, 1.807) is 24.0 Å². The number of thiazole rings is 1. The molecule has 5 nitrogen and oxygen atoms in total. The first-order valence-electron chi connectivity index (χ1n) is 17.0. The summed E-state index contributed by atoms with van der Waals surface area (Å²) in [4.78, 5) is 4.85. The van der Waals surface area contributed by atoms with Gasteiger partial charge in [0, 0.05) is 29.7 Å². The van der Waals surface area contributed by atoms with Crippen molar-refractivity contribution in [3.63, 3.8) is 0 Å². The number of methoxy groups -OCH3 is 1. The monoisotopic (exact) mass is 603 g/mol. The van der Waals surface area contributed by atoms with Crippen LogP contribution >= 0.6 is 11.3 Å². The summed E-state index contributed by atoms with van der Waals surface area (Å²) in [5, 5.41) is 2.90. The van der Waals surface area contributed by atoms with Crippen LogP contribution in [0.25, 0.3) is 11.3 Å². The van der Waals surface area contributed by atoms with E-state index in [1.807, 2.05) is 12.1 Å². The van der Waals surface area contributed by atoms with Gasteiger partial charge < -0.3 is 18.9 Å². The van der Waals surface area contributed by atoms with Crippen LogP contribution in [0.3, 0.4) is 0 Å². The van der Waals surface area contributed by atoms with Crippen LogP contribution in [0.15, 0.2) is 41.3 Å². The number of benzene rings is 1. The summed E-state index contributed by atoms with van der Waals surface area (Å²) in [6.45, 7) is 10.9. The molecule has 2 aliphatic heterocycles. The Morgan fingerprint density at radius 3 is 2.60 bits per heavy atom. The van der Waals surface area contributed by atoms with Crippen LogP contribution in [0.4, 0.5) is 0 Å². The average Bonchev–Trinajstić information content (AvgIpc) is 3.67. The number of nitrogens with zero attached hydrogens (tertiary/aromatic N) is 1. The molecule has 11 atom stereocenters. The zero-order valence-electron chi connectivity index (χ0n) is 26.6. The van der Waals surface area contributed by atoms with Crippen molar-refractivity contribution in [1.29, 1.82) is 0 Å². The molecule has 6 heteroatoms. The highest BCUT2D eigenvalue weighted by atomic mass is 32.1. The normalized spacial score (nSPS) is 45.1. The van der Waals surface area contributed by atoms with Crippen LogP contribution in [-0.4, -0.2) is 36.7 Å². The lowest BCUT2D eigenvalue weighted by atomic mass is 9.47. The molecule has 5 fully saturated rings. The van der Waals surface area contributed by atoms with E-state index in [0.29, 0.717) is 34.7 Å². The minimum Gasteiger partial charge on any atom is -0.497 e. The Hall–Kier alpha value is -1.89. The number of rotatable bonds is 4. The Labute approximate surface area is 261 Å². The van der Waals surface area contributed by atoms with Gasteiger partial charge in [0.05, 0.1) is 25.5 Å². The number of fused-ring (bicyclic) bond motifs is 7. The highest BCUT2D eigenvalue weighted by Gasteiger charge is 2.68. The van der Waals surface area contributed by atoms with Gasteiger partial charge in [0.1, 0.15) is 11.9 Å². The first kappa shape index (κ1) is 28.6. The lowest BCUT2D eigenvalue weighted by molar-refractivity contribution is -0.272. The summed E-state index contributed by atoms with van der Waals surface area (Å²) in [5.41, 5.74) is 4.40. The number of allylic oxidation sites excluding steroid dienone is 1. The predicted molar refractivity (Wildman–Crippen MR) is 170 cm³/mol. The molecular formula is C37H49NO4S. The van der Waals surface area contributed by atoms with Crippen molar-refractivity contribution in [1.82, 2.24) is 4.98 Å². The molecule has 0 bridgehead atoms. The maximum Gasteiger partial charge on any atom is 0.274 e. The van der Waals surface area contributed by atoms with E-state index in [4.69, 9.17) is 23.9 Å². The van der Waals surface area contributed by atoms with Crippen molar-refractivity contribution in [2.75, 3.05) is 13.7 Å². The van der Waals surface area contributed by atoms with Crippen LogP contribution in [-0.2, 0) is 9.47 Å². The van der Waals surface area contributed by atoms with Gasteiger partial charge in [-0.15, -0.1) is 0 Å². The molecule has 8 rings (SSSR count). The smallest absolute Gasteiger partial charge is 0.274 e. The molecule has 1 aromatic carbocycles. The summed E-state index contributed by atoms with van der Waals surface area (Å²) in [5.74, 6) is 4.65. The van der Waals surface area contributed by atoms with Gasteiger partial charge >= 0.3 is 0 Å². The van der Waals surface area contributed by atoms with Crippen molar-refractivity contribution < 1.29 is 18.9 Å². The highest BCUT2D eigenvalue weighted by molar-refractivity contribution is 7.11. The SMILES string of the molecule is COc1ccc(-c2csc(OC3CC[C@@]4(C)C(=CC[C@H]5[C@@H]6C[C@@H]7O[C@]8(CC[C@@H](C)CO8)[C@@H](C)[C@@H]7[C@@]6(C)CC[C@@H]54)C3)n2)cc1. The lowest BCUT2D eigenvalue weighted by Crippen LogP contribution is -2.52. The summed E-state index contributed by atoms with van der Waals surface area (Å²) >= 11 is 1.62. The maximum absolute atomic E-state index is 6.99. The lowest BCUT2D eigenvalue weighted by Gasteiger charge is -2.58. The predicted octanol–water partition coefficient (Wildman–Crippen LogP) is 8.93. The fourth-order valence-electron chi connectivity index (χ4n) is 11.1. The summed E-state index contributed by atoms with van der Waals surface area (Å²) in [7, 11) is 1.70. The molecule has 0 N–H and O–H groups in total. The summed E-state index contributed by atoms with van der Waals surface area (Å²) < 4.78 is 25.4. The average molecular weight is 604 g/mol. The largest absolute Gasteiger partial charge is 0.497 e. The molecule has 3 saturated carbocycles. The van der Waals surface area contributed by atoms with Crippen molar-refractivity contribution in [3.05, 3.63) is 41.3 Å². The van der Waals surface area contributed by atoms with Gasteiger partial charge in [-0.3, -0.25) is 0 Å². The molecule has 0 amide bonds. The van der Waals surface area contributed by atoms with E-state index in [2.05, 4.69) is 51.3 Å². The third-order valence-electron chi connectivity index (χ3n) is 13.5. The molecule has 2 aromatic rings. The molecule has 43 heavy (non-hydrogen) atoms. The third kappa shape index (κ3) is 4.40. The molecule has 1 spiro atoms. The van der Waals surface area contributed by atoms with Crippen molar-refractivity contribution >= 4 is 11.3 Å². The van der Waals surface area contributed by atoms with Gasteiger partial charge in [0.2, 0.25) is 0 Å². The van der Waals surface area contributed by atoms with Crippen LogP contribution in [0.1, 0.15) is 85.5 Å². The van der Waals surface area contributed by atoms with Crippen LogP contribution in [0, 0.1) is 46.3 Å². The van der Waals surface area contributed by atoms with E-state index in [9.17, 15) is 0 Å². The Morgan fingerprint density at radius 2 is 1.84 bits per heavy atom. The highest BCUT2D eigenvalue weighted by Crippen LogP contribution is 2.70. The van der Waals surface area contributed by atoms with E-state index in [-0.39, 0.29) is 11.9 Å². The van der Waals surface area contributed by atoms with Crippen LogP contribution in [0.5, 0.6) is 10.9 Å². The maximum atomic E-state index is 6.99. The van der Waals surface area contributed by atoms with Crippen molar-refractivity contribution in [2.45, 2.75) is 103 Å². The zero-order chi connectivity index (χ0) is 29.6. The van der Waals surface area contributed by atoms with E-state index in [0.717, 1.165) is 65.8 Å². The molecule has 0 radical (unpaired) electrons. The van der Waals surface area contributed by atoms with Crippen molar-refractivity contribution in [2.24, 2.45) is 46.3 Å². The molecule has 3 heterocycles. The van der Waals surface area contributed by atoms with E-state index in [1.165, 1.54) is 38.5 Å². The van der Waals surface area contributed by atoms with Gasteiger partial charge in [-0.1, -0.05) is 50.7 Å². The molecule has 4 aliphatic carbocycles. The number of hydrogen-bond donors (Lipinski definition) is 0. The molecular weight excluding hydrogens is 554 g/mol. The van der Waals surface area contributed by atoms with Crippen LogP contribution in [0.2, 0.25) is 0 Å². The molecule has 232 valence electrons. The van der Waals surface area contributed by atoms with E-state index < -0.39 is 0 Å². The third-order valence-corrected chi connectivity index (χ3v) is 14.2. The van der Waals surface area contributed by atoms with Gasteiger partial charge in [-0.05, 0) is 110 Å². The number of ether oxygens (including phenoxy) is 4. The Bertz CT molecular complexity index is 1380. The van der Waals surface area contributed by atoms with E-state index >= 15 is 0 Å². The Kier molecular flexibility index (Phi) is 6.86. The quantitative estimate of drug-likeness (QED) is 0.327. The van der Waals surface area contributed by atoms with Gasteiger partial charge in [0.25, 0.3) is 5.19 Å². The molecule has 2 saturated heterocycles. The van der Waals surface area contributed by atoms with Gasteiger partial charge in [-0.2, -0.15) is 0 Å². The van der Waals surface area contributed by atoms with Gasteiger partial charge in [-0.25, -0.2) is 4.98 Å². The second-order valence-electron chi connectivity index (χ2n) is 15.5. The van der Waals surface area contributed by atoms with Gasteiger partial charge in [0.15, 0.2) is 5.79 Å². The Morgan fingerprint density at radius 1 is 1.00 bits per heavy atom. The minimum atomic E-state index is -0.316. The first-order valence-corrected chi connectivity index (χ1v) is 17.9. The Balaban J connectivity index is 0.959. The fourth-order valence-corrected chi connectivity index (χ4v) is 11.8. The first-order chi connectivity index (χ1) is 20.7. The van der Waals surface area contributed by atoms with Crippen molar-refractivity contribution in [3.8, 4) is 22.2 Å². The zero-order valence-corrected chi connectivity index (χ0v) is 27.5. The summed E-state index contributed by atoms with van der Waals surface area (Å²) in [6.07, 6.45) is 14.1. The molecule has 1 aromatic heterocycles. The number of hydrogen-bond acceptors (Lipinski definition) is 6. The second kappa shape index (κ2) is 10.3. The summed E-state index contributed by atoms with van der Waals surface area (Å²) in [6, 6.07) is 8.10. The standard InChI is InChI=1S/C37H49NO4S/c1-22-12-17-37(40-20-22)23(2)33-32(42-37)19-30-28-11-8-25-18-27(13-15-35(25,3)29(28)14-16-36(30,33)4)41-34-38-31(21-43-34)24-6-9-26(39-5)10-7-24/h6-10,21-23,27-30,32-33H,11-20H2,1-5H3/t22-,23+,27?,28-,29+,30+,32+,33+,35+,36+,37-/m1/s1. The molecule has 1 unspecified atom stereocenters. The van der Waals surface area contributed by atoms with Crippen LogP contribution < -0.4 is 9.47 Å². The minimum absolute atomic E-state index is 0.217.